The quantitative estimate of drug-likeness (QED) is 0.831. The van der Waals surface area contributed by atoms with Crippen LogP contribution in [0.15, 0.2) is 0 Å². The van der Waals surface area contributed by atoms with E-state index >= 15 is 0 Å². The SMILES string of the molecule is NC(=O)C1(N)CCCC1CCN1CCC2CCCCC2C1. The number of piperidine rings is 1. The molecule has 21 heavy (non-hydrogen) atoms. The van der Waals surface area contributed by atoms with Crippen molar-refractivity contribution in [3.05, 3.63) is 0 Å². The van der Waals surface area contributed by atoms with Crippen molar-refractivity contribution in [2.45, 2.75) is 63.3 Å². The molecule has 4 atom stereocenters. The highest BCUT2D eigenvalue weighted by Gasteiger charge is 2.44. The number of fused-ring (bicyclic) bond motifs is 1. The van der Waals surface area contributed by atoms with Gasteiger partial charge in [0.1, 0.15) is 0 Å². The zero-order chi connectivity index (χ0) is 14.9. The predicted molar refractivity (Wildman–Crippen MR) is 84.6 cm³/mol. The Morgan fingerprint density at radius 1 is 1.10 bits per heavy atom. The van der Waals surface area contributed by atoms with Gasteiger partial charge in [0.2, 0.25) is 5.91 Å². The lowest BCUT2D eigenvalue weighted by atomic mass is 9.75. The molecule has 0 bridgehead atoms. The lowest BCUT2D eigenvalue weighted by molar-refractivity contribution is -0.124. The Morgan fingerprint density at radius 2 is 1.86 bits per heavy atom. The maximum atomic E-state index is 11.7. The Kier molecular flexibility index (Phi) is 4.55. The number of carbonyl (C=O) groups excluding carboxylic acids is 1. The van der Waals surface area contributed by atoms with Gasteiger partial charge in [-0.1, -0.05) is 25.7 Å². The van der Waals surface area contributed by atoms with E-state index in [1.165, 1.54) is 45.2 Å². The number of rotatable bonds is 4. The number of amides is 1. The topological polar surface area (TPSA) is 72.3 Å². The number of hydrogen-bond donors (Lipinski definition) is 2. The van der Waals surface area contributed by atoms with Crippen molar-refractivity contribution < 1.29 is 4.79 Å². The summed E-state index contributed by atoms with van der Waals surface area (Å²) >= 11 is 0. The molecule has 1 aliphatic heterocycles. The van der Waals surface area contributed by atoms with Gasteiger partial charge in [0.05, 0.1) is 5.54 Å². The van der Waals surface area contributed by atoms with Crippen molar-refractivity contribution >= 4 is 5.91 Å². The van der Waals surface area contributed by atoms with Gasteiger partial charge in [-0.2, -0.15) is 0 Å². The average molecular weight is 293 g/mol. The minimum atomic E-state index is -0.733. The normalized spacial score (nSPS) is 40.9. The largest absolute Gasteiger partial charge is 0.368 e. The lowest BCUT2D eigenvalue weighted by Crippen LogP contribution is -2.55. The van der Waals surface area contributed by atoms with E-state index in [9.17, 15) is 4.79 Å². The van der Waals surface area contributed by atoms with E-state index in [0.717, 1.165) is 44.1 Å². The first-order valence-corrected chi connectivity index (χ1v) is 8.91. The van der Waals surface area contributed by atoms with Gasteiger partial charge in [-0.15, -0.1) is 0 Å². The van der Waals surface area contributed by atoms with Crippen molar-refractivity contribution in [3.8, 4) is 0 Å². The zero-order valence-electron chi connectivity index (χ0n) is 13.2. The molecule has 1 saturated heterocycles. The molecule has 4 unspecified atom stereocenters. The molecule has 1 heterocycles. The molecular weight excluding hydrogens is 262 g/mol. The number of primary amides is 1. The summed E-state index contributed by atoms with van der Waals surface area (Å²) in [6.07, 6.45) is 11.0. The molecule has 2 saturated carbocycles. The maximum absolute atomic E-state index is 11.7. The van der Waals surface area contributed by atoms with Crippen molar-refractivity contribution in [2.24, 2.45) is 29.2 Å². The van der Waals surface area contributed by atoms with E-state index in [4.69, 9.17) is 11.5 Å². The Balaban J connectivity index is 1.50. The monoisotopic (exact) mass is 293 g/mol. The van der Waals surface area contributed by atoms with E-state index in [1.54, 1.807) is 0 Å². The van der Waals surface area contributed by atoms with Gasteiger partial charge in [0.25, 0.3) is 0 Å². The van der Waals surface area contributed by atoms with E-state index < -0.39 is 5.54 Å². The molecule has 2 aliphatic carbocycles. The van der Waals surface area contributed by atoms with Crippen LogP contribution in [0.5, 0.6) is 0 Å². The van der Waals surface area contributed by atoms with E-state index in [0.29, 0.717) is 5.92 Å². The second kappa shape index (κ2) is 6.25. The number of nitrogens with two attached hydrogens (primary N) is 2. The molecule has 3 aliphatic rings. The van der Waals surface area contributed by atoms with E-state index in [1.807, 2.05) is 0 Å². The third-order valence-corrected chi connectivity index (χ3v) is 6.50. The van der Waals surface area contributed by atoms with Crippen LogP contribution in [0, 0.1) is 17.8 Å². The van der Waals surface area contributed by atoms with Gasteiger partial charge in [-0.25, -0.2) is 0 Å². The van der Waals surface area contributed by atoms with Crippen LogP contribution >= 0.6 is 0 Å². The number of hydrogen-bond acceptors (Lipinski definition) is 3. The Bertz CT molecular complexity index is 386. The second-order valence-electron chi connectivity index (χ2n) is 7.68. The van der Waals surface area contributed by atoms with Crippen LogP contribution in [0.1, 0.15) is 57.8 Å². The van der Waals surface area contributed by atoms with Crippen molar-refractivity contribution in [1.82, 2.24) is 4.90 Å². The highest BCUT2D eigenvalue weighted by molar-refractivity contribution is 5.85. The minimum Gasteiger partial charge on any atom is -0.368 e. The summed E-state index contributed by atoms with van der Waals surface area (Å²) in [6, 6.07) is 0. The van der Waals surface area contributed by atoms with Crippen molar-refractivity contribution in [2.75, 3.05) is 19.6 Å². The molecule has 0 radical (unpaired) electrons. The Labute approximate surface area is 128 Å². The summed E-state index contributed by atoms with van der Waals surface area (Å²) in [5, 5.41) is 0. The fourth-order valence-corrected chi connectivity index (χ4v) is 5.05. The first kappa shape index (κ1) is 15.3. The van der Waals surface area contributed by atoms with Crippen LogP contribution in [-0.4, -0.2) is 36.0 Å². The summed E-state index contributed by atoms with van der Waals surface area (Å²) < 4.78 is 0. The molecule has 4 nitrogen and oxygen atoms in total. The molecule has 1 amide bonds. The molecule has 3 rings (SSSR count). The molecule has 0 aromatic rings. The molecule has 0 spiro atoms. The maximum Gasteiger partial charge on any atom is 0.237 e. The molecule has 4 heteroatoms. The summed E-state index contributed by atoms with van der Waals surface area (Å²) in [5.41, 5.74) is 11.1. The smallest absolute Gasteiger partial charge is 0.237 e. The standard InChI is InChI=1S/C17H31N3O/c18-16(21)17(19)9-3-6-15(17)8-11-20-10-7-13-4-1-2-5-14(13)12-20/h13-15H,1-12,19H2,(H2,18,21). The predicted octanol–water partition coefficient (Wildman–Crippen LogP) is 1.87. The Hall–Kier alpha value is -0.610. The molecule has 4 N–H and O–H groups in total. The van der Waals surface area contributed by atoms with Gasteiger partial charge < -0.3 is 16.4 Å². The third-order valence-electron chi connectivity index (χ3n) is 6.50. The molecule has 3 fully saturated rings. The average Bonchev–Trinajstić information content (AvgIpc) is 2.87. The highest BCUT2D eigenvalue weighted by Crippen LogP contribution is 2.38. The van der Waals surface area contributed by atoms with Crippen LogP contribution in [-0.2, 0) is 4.79 Å². The van der Waals surface area contributed by atoms with Crippen LogP contribution in [0.3, 0.4) is 0 Å². The van der Waals surface area contributed by atoms with E-state index in [-0.39, 0.29) is 5.91 Å². The van der Waals surface area contributed by atoms with Gasteiger partial charge in [-0.3, -0.25) is 4.79 Å². The first-order chi connectivity index (χ1) is 10.1. The molecule has 120 valence electrons. The highest BCUT2D eigenvalue weighted by atomic mass is 16.1. The Morgan fingerprint density at radius 3 is 2.62 bits per heavy atom. The summed E-state index contributed by atoms with van der Waals surface area (Å²) in [7, 11) is 0. The summed E-state index contributed by atoms with van der Waals surface area (Å²) in [6.45, 7) is 3.60. The van der Waals surface area contributed by atoms with Gasteiger partial charge >= 0.3 is 0 Å². The van der Waals surface area contributed by atoms with Gasteiger partial charge in [0, 0.05) is 6.54 Å². The third kappa shape index (κ3) is 3.11. The van der Waals surface area contributed by atoms with Crippen LogP contribution < -0.4 is 11.5 Å². The number of nitrogens with zero attached hydrogens (tertiary/aromatic N) is 1. The minimum absolute atomic E-state index is 0.291. The molecule has 0 aromatic carbocycles. The number of carbonyl (C=O) groups is 1. The molecular formula is C17H31N3O. The fourth-order valence-electron chi connectivity index (χ4n) is 5.05. The van der Waals surface area contributed by atoms with Gasteiger partial charge in [-0.05, 0) is 62.9 Å². The lowest BCUT2D eigenvalue weighted by Gasteiger charge is -2.42. The van der Waals surface area contributed by atoms with Crippen molar-refractivity contribution in [1.29, 1.82) is 0 Å². The summed E-state index contributed by atoms with van der Waals surface area (Å²) in [5.74, 6) is 1.91. The van der Waals surface area contributed by atoms with Gasteiger partial charge in [0.15, 0.2) is 0 Å². The first-order valence-electron chi connectivity index (χ1n) is 8.91. The van der Waals surface area contributed by atoms with E-state index in [2.05, 4.69) is 4.90 Å². The van der Waals surface area contributed by atoms with Crippen LogP contribution in [0.25, 0.3) is 0 Å². The summed E-state index contributed by atoms with van der Waals surface area (Å²) in [4.78, 5) is 14.3. The second-order valence-corrected chi connectivity index (χ2v) is 7.68. The fraction of sp³-hybridized carbons (Fsp3) is 0.941. The van der Waals surface area contributed by atoms with Crippen LogP contribution in [0.2, 0.25) is 0 Å². The molecule has 0 aromatic heterocycles. The van der Waals surface area contributed by atoms with Crippen LogP contribution in [0.4, 0.5) is 0 Å². The zero-order valence-corrected chi connectivity index (χ0v) is 13.2. The van der Waals surface area contributed by atoms with Crippen molar-refractivity contribution in [3.63, 3.8) is 0 Å². The number of likely N-dealkylation sites (tertiary alicyclic amines) is 1.